The van der Waals surface area contributed by atoms with Crippen LogP contribution < -0.4 is 14.8 Å². The molecule has 7 heteroatoms. The van der Waals surface area contributed by atoms with Crippen molar-refractivity contribution >= 4 is 28.2 Å². The molecule has 36 heavy (non-hydrogen) atoms. The first kappa shape index (κ1) is 25.8. The fourth-order valence-electron chi connectivity index (χ4n) is 4.39. The average molecular weight is 508 g/mol. The van der Waals surface area contributed by atoms with Crippen LogP contribution >= 0.6 is 11.3 Å². The lowest BCUT2D eigenvalue weighted by Gasteiger charge is -2.14. The van der Waals surface area contributed by atoms with Crippen LogP contribution in [0.5, 0.6) is 11.5 Å². The largest absolute Gasteiger partial charge is 0.494 e. The molecule has 2 aromatic carbocycles. The number of aryl methyl sites for hydroxylation is 1. The molecule has 1 aliphatic rings. The second kappa shape index (κ2) is 11.6. The van der Waals surface area contributed by atoms with Gasteiger partial charge in [-0.2, -0.15) is 0 Å². The summed E-state index contributed by atoms with van der Waals surface area (Å²) in [6, 6.07) is 14.7. The van der Waals surface area contributed by atoms with Crippen LogP contribution in [0.1, 0.15) is 72.0 Å². The highest BCUT2D eigenvalue weighted by molar-refractivity contribution is 7.17. The summed E-state index contributed by atoms with van der Waals surface area (Å²) in [6.45, 7) is 8.06. The Bertz CT molecular complexity index is 1190. The summed E-state index contributed by atoms with van der Waals surface area (Å²) >= 11 is 1.36. The lowest BCUT2D eigenvalue weighted by molar-refractivity contribution is 0.0380. The van der Waals surface area contributed by atoms with Crippen LogP contribution in [0, 0.1) is 6.92 Å². The summed E-state index contributed by atoms with van der Waals surface area (Å²) in [5.41, 5.74) is 2.47. The van der Waals surface area contributed by atoms with E-state index in [1.54, 1.807) is 26.0 Å². The van der Waals surface area contributed by atoms with Crippen molar-refractivity contribution < 1.29 is 23.8 Å². The van der Waals surface area contributed by atoms with Gasteiger partial charge in [0, 0.05) is 16.0 Å². The first-order valence-electron chi connectivity index (χ1n) is 12.5. The highest BCUT2D eigenvalue weighted by Crippen LogP contribution is 2.41. The van der Waals surface area contributed by atoms with Crippen molar-refractivity contribution in [2.24, 2.45) is 0 Å². The summed E-state index contributed by atoms with van der Waals surface area (Å²) in [7, 11) is 0. The second-order valence-electron chi connectivity index (χ2n) is 9.15. The summed E-state index contributed by atoms with van der Waals surface area (Å²) in [4.78, 5) is 27.2. The first-order valence-corrected chi connectivity index (χ1v) is 13.3. The van der Waals surface area contributed by atoms with Crippen molar-refractivity contribution in [3.05, 3.63) is 64.5 Å². The fraction of sp³-hybridized carbons (Fsp3) is 0.379. The van der Waals surface area contributed by atoms with Crippen LogP contribution in [-0.2, 0) is 4.74 Å². The number of carbonyl (C=O) groups excluding carboxylic acids is 2. The minimum absolute atomic E-state index is 0.259. The van der Waals surface area contributed by atoms with Crippen molar-refractivity contribution in [1.82, 2.24) is 0 Å². The first-order chi connectivity index (χ1) is 17.4. The summed E-state index contributed by atoms with van der Waals surface area (Å²) in [6.07, 6.45) is 4.52. The van der Waals surface area contributed by atoms with E-state index in [0.29, 0.717) is 22.7 Å². The summed E-state index contributed by atoms with van der Waals surface area (Å²) in [5.74, 6) is 0.771. The number of esters is 1. The molecule has 0 saturated heterocycles. The molecule has 1 amide bonds. The Morgan fingerprint density at radius 2 is 1.64 bits per heavy atom. The van der Waals surface area contributed by atoms with E-state index in [4.69, 9.17) is 14.2 Å². The van der Waals surface area contributed by atoms with E-state index in [2.05, 4.69) is 5.32 Å². The molecule has 190 valence electrons. The number of hydrogen-bond donors (Lipinski definition) is 1. The molecule has 0 aliphatic heterocycles. The number of anilines is 1. The molecular weight excluding hydrogens is 474 g/mol. The molecule has 0 bridgehead atoms. The number of hydrogen-bond acceptors (Lipinski definition) is 6. The molecule has 0 radical (unpaired) electrons. The minimum atomic E-state index is -0.464. The van der Waals surface area contributed by atoms with Gasteiger partial charge in [-0.3, -0.25) is 4.79 Å². The third kappa shape index (κ3) is 6.08. The predicted octanol–water partition coefficient (Wildman–Crippen LogP) is 7.26. The van der Waals surface area contributed by atoms with Crippen LogP contribution in [0.4, 0.5) is 5.00 Å². The van der Waals surface area contributed by atoms with Gasteiger partial charge in [-0.1, -0.05) is 12.1 Å². The van der Waals surface area contributed by atoms with Gasteiger partial charge in [0.15, 0.2) is 0 Å². The van der Waals surface area contributed by atoms with Crippen LogP contribution in [0.3, 0.4) is 0 Å². The zero-order valence-corrected chi connectivity index (χ0v) is 22.1. The molecule has 1 saturated carbocycles. The Morgan fingerprint density at radius 3 is 2.25 bits per heavy atom. The van der Waals surface area contributed by atoms with E-state index < -0.39 is 5.97 Å². The quantitative estimate of drug-likeness (QED) is 0.309. The SMILES string of the molecule is CCOc1ccc(-c2c(C)sc(NC(=O)c3ccc(OC4CCCC4)cc3)c2C(=O)OC(C)C)cc1. The van der Waals surface area contributed by atoms with Crippen LogP contribution in [0.2, 0.25) is 0 Å². The fourth-order valence-corrected chi connectivity index (χ4v) is 5.45. The Balaban J connectivity index is 1.60. The monoisotopic (exact) mass is 507 g/mol. The molecule has 4 rings (SSSR count). The summed E-state index contributed by atoms with van der Waals surface area (Å²) < 4.78 is 17.1. The number of carbonyl (C=O) groups is 2. The maximum absolute atomic E-state index is 13.2. The van der Waals surface area contributed by atoms with Crippen LogP contribution in [0.15, 0.2) is 48.5 Å². The summed E-state index contributed by atoms with van der Waals surface area (Å²) in [5, 5.41) is 3.42. The van der Waals surface area contributed by atoms with Crippen molar-refractivity contribution in [3.8, 4) is 22.6 Å². The van der Waals surface area contributed by atoms with Crippen LogP contribution in [-0.4, -0.2) is 30.7 Å². The van der Waals surface area contributed by atoms with Gasteiger partial charge < -0.3 is 19.5 Å². The minimum Gasteiger partial charge on any atom is -0.494 e. The molecule has 1 aromatic heterocycles. The van der Waals surface area contributed by atoms with Gasteiger partial charge in [0.2, 0.25) is 0 Å². The molecular formula is C29H33NO5S. The smallest absolute Gasteiger partial charge is 0.342 e. The molecule has 1 fully saturated rings. The third-order valence-electron chi connectivity index (χ3n) is 6.03. The van der Waals surface area contributed by atoms with E-state index in [9.17, 15) is 9.59 Å². The second-order valence-corrected chi connectivity index (χ2v) is 10.4. The zero-order chi connectivity index (χ0) is 25.7. The highest BCUT2D eigenvalue weighted by atomic mass is 32.1. The van der Waals surface area contributed by atoms with Gasteiger partial charge in [-0.05, 0) is 95.3 Å². The molecule has 0 spiro atoms. The van der Waals surface area contributed by atoms with Gasteiger partial charge in [0.1, 0.15) is 22.1 Å². The van der Waals surface area contributed by atoms with Crippen LogP contribution in [0.25, 0.3) is 11.1 Å². The molecule has 1 N–H and O–H groups in total. The zero-order valence-electron chi connectivity index (χ0n) is 21.3. The van der Waals surface area contributed by atoms with E-state index in [1.165, 1.54) is 24.2 Å². The van der Waals surface area contributed by atoms with E-state index in [-0.39, 0.29) is 18.1 Å². The Kier molecular flexibility index (Phi) is 8.31. The van der Waals surface area contributed by atoms with Crippen molar-refractivity contribution in [1.29, 1.82) is 0 Å². The van der Waals surface area contributed by atoms with Crippen molar-refractivity contribution in [2.45, 2.75) is 65.6 Å². The number of ether oxygens (including phenoxy) is 3. The van der Waals surface area contributed by atoms with Crippen molar-refractivity contribution in [3.63, 3.8) is 0 Å². The Hall–Kier alpha value is -3.32. The van der Waals surface area contributed by atoms with Gasteiger partial charge in [0.05, 0.1) is 18.8 Å². The Morgan fingerprint density at radius 1 is 1.00 bits per heavy atom. The van der Waals surface area contributed by atoms with Crippen molar-refractivity contribution in [2.75, 3.05) is 11.9 Å². The number of thiophene rings is 1. The third-order valence-corrected chi connectivity index (χ3v) is 7.05. The lowest BCUT2D eigenvalue weighted by Crippen LogP contribution is -2.17. The average Bonchev–Trinajstić information content (AvgIpc) is 3.47. The Labute approximate surface area is 216 Å². The molecule has 0 unspecified atom stereocenters. The molecule has 1 heterocycles. The maximum atomic E-state index is 13.2. The van der Waals surface area contributed by atoms with E-state index in [1.807, 2.05) is 50.2 Å². The maximum Gasteiger partial charge on any atom is 0.342 e. The van der Waals surface area contributed by atoms with Gasteiger partial charge >= 0.3 is 5.97 Å². The number of nitrogens with one attached hydrogen (secondary N) is 1. The molecule has 6 nitrogen and oxygen atoms in total. The number of amides is 1. The lowest BCUT2D eigenvalue weighted by atomic mass is 10.0. The van der Waals surface area contributed by atoms with Gasteiger partial charge in [0.25, 0.3) is 5.91 Å². The topological polar surface area (TPSA) is 73.9 Å². The van der Waals surface area contributed by atoms with Gasteiger partial charge in [-0.25, -0.2) is 4.79 Å². The normalized spacial score (nSPS) is 13.6. The highest BCUT2D eigenvalue weighted by Gasteiger charge is 2.27. The predicted molar refractivity (Wildman–Crippen MR) is 143 cm³/mol. The standard InChI is InChI=1S/C29H33NO5S/c1-5-33-22-14-10-20(11-15-22)25-19(4)36-28(26(25)29(32)34-18(2)3)30-27(31)21-12-16-24(17-13-21)35-23-8-6-7-9-23/h10-18,23H,5-9H2,1-4H3,(H,30,31). The van der Waals surface area contributed by atoms with E-state index >= 15 is 0 Å². The molecule has 3 aromatic rings. The molecule has 1 aliphatic carbocycles. The number of rotatable bonds is 9. The van der Waals surface area contributed by atoms with Gasteiger partial charge in [-0.15, -0.1) is 11.3 Å². The molecule has 0 atom stereocenters. The number of benzene rings is 2. The van der Waals surface area contributed by atoms with E-state index in [0.717, 1.165) is 40.3 Å².